The Kier molecular flexibility index (Phi) is 7.00. The molecule has 0 aliphatic rings. The van der Waals surface area contributed by atoms with Crippen LogP contribution in [0.4, 0.5) is 11.6 Å². The number of nitrogen functional groups attached to an aromatic ring is 1. The van der Waals surface area contributed by atoms with Gasteiger partial charge in [0, 0.05) is 56.8 Å². The van der Waals surface area contributed by atoms with Gasteiger partial charge >= 0.3 is 0 Å². The molecule has 0 saturated carbocycles. The van der Waals surface area contributed by atoms with Crippen LogP contribution >= 0.6 is 0 Å². The number of amides is 1. The summed E-state index contributed by atoms with van der Waals surface area (Å²) in [6, 6.07) is 9.60. The molecule has 1 aromatic carbocycles. The van der Waals surface area contributed by atoms with Gasteiger partial charge in [0.1, 0.15) is 23.8 Å². The Bertz CT molecular complexity index is 1150. The lowest BCUT2D eigenvalue weighted by molar-refractivity contribution is -0.132. The van der Waals surface area contributed by atoms with Crippen LogP contribution in [-0.4, -0.2) is 65.2 Å². The lowest BCUT2D eigenvalue weighted by Crippen LogP contribution is -2.29. The fraction of sp³-hybridized carbons (Fsp3) is 0.304. The van der Waals surface area contributed by atoms with Crippen LogP contribution in [0.1, 0.15) is 18.4 Å². The number of nitrogens with zero attached hydrogens (tertiary/aromatic N) is 5. The number of fused-ring (bicyclic) bond motifs is 1. The molecule has 0 unspecified atom stereocenters. The molecule has 0 radical (unpaired) electrons. The smallest absolute Gasteiger partial charge is 0.248 e. The number of likely N-dealkylation sites (N-methyl/N-ethyl adjacent to an activating group) is 1. The van der Waals surface area contributed by atoms with Gasteiger partial charge in [-0.2, -0.15) is 0 Å². The number of hydrogen-bond donors (Lipinski definition) is 2. The minimum Gasteiger partial charge on any atom is -0.387 e. The molecule has 3 N–H and O–H groups in total. The second kappa shape index (κ2) is 9.87. The van der Waals surface area contributed by atoms with Crippen LogP contribution in [0.5, 0.6) is 0 Å². The van der Waals surface area contributed by atoms with Crippen LogP contribution in [0.2, 0.25) is 0 Å². The standard InChI is InChI=1S/C23H26N6O2/c1-28(2)23-18-11-12-25-21(24)20(18)26-22(27-23)17-10-7-9-16(14-17)8-5-4-6-13-29(3)19(31)15-30/h7,9-12,14,30H,4,6,13,15H2,1-3H3,(H2,24,25). The van der Waals surface area contributed by atoms with Gasteiger partial charge in [0.05, 0.1) is 0 Å². The van der Waals surface area contributed by atoms with E-state index < -0.39 is 6.61 Å². The van der Waals surface area contributed by atoms with Crippen LogP contribution in [0.3, 0.4) is 0 Å². The highest BCUT2D eigenvalue weighted by Gasteiger charge is 2.13. The third-order valence-corrected chi connectivity index (χ3v) is 4.76. The number of anilines is 2. The van der Waals surface area contributed by atoms with E-state index in [9.17, 15) is 4.79 Å². The summed E-state index contributed by atoms with van der Waals surface area (Å²) in [5.74, 6) is 7.69. The number of aliphatic hydroxyl groups excluding tert-OH is 1. The van der Waals surface area contributed by atoms with E-state index in [1.807, 2.05) is 49.3 Å². The van der Waals surface area contributed by atoms with Gasteiger partial charge in [-0.05, 0) is 24.6 Å². The maximum absolute atomic E-state index is 11.4. The number of unbranched alkanes of at least 4 members (excludes halogenated alkanes) is 1. The van der Waals surface area contributed by atoms with E-state index in [4.69, 9.17) is 15.8 Å². The van der Waals surface area contributed by atoms with E-state index in [2.05, 4.69) is 21.8 Å². The van der Waals surface area contributed by atoms with Gasteiger partial charge in [-0.25, -0.2) is 15.0 Å². The second-order valence-corrected chi connectivity index (χ2v) is 7.32. The molecule has 3 aromatic rings. The summed E-state index contributed by atoms with van der Waals surface area (Å²) >= 11 is 0. The highest BCUT2D eigenvalue weighted by molar-refractivity contribution is 5.96. The maximum Gasteiger partial charge on any atom is 0.248 e. The first-order chi connectivity index (χ1) is 14.9. The summed E-state index contributed by atoms with van der Waals surface area (Å²) in [5, 5.41) is 9.70. The molecule has 0 atom stereocenters. The Balaban J connectivity index is 1.82. The Morgan fingerprint density at radius 2 is 2.00 bits per heavy atom. The molecule has 31 heavy (non-hydrogen) atoms. The van der Waals surface area contributed by atoms with E-state index in [1.165, 1.54) is 4.90 Å². The van der Waals surface area contributed by atoms with E-state index in [0.29, 0.717) is 30.1 Å². The lowest BCUT2D eigenvalue weighted by Gasteiger charge is -2.16. The summed E-state index contributed by atoms with van der Waals surface area (Å²) in [7, 11) is 5.52. The number of aliphatic hydroxyl groups is 1. The highest BCUT2D eigenvalue weighted by atomic mass is 16.3. The first kappa shape index (κ1) is 22.0. The van der Waals surface area contributed by atoms with Gasteiger partial charge in [0.25, 0.3) is 0 Å². The Morgan fingerprint density at radius 3 is 2.74 bits per heavy atom. The molecule has 0 fully saturated rings. The average Bonchev–Trinajstić information content (AvgIpc) is 2.78. The number of rotatable bonds is 6. The summed E-state index contributed by atoms with van der Waals surface area (Å²) < 4.78 is 0. The normalized spacial score (nSPS) is 10.5. The molecule has 3 rings (SSSR count). The third kappa shape index (κ3) is 5.27. The summed E-state index contributed by atoms with van der Waals surface area (Å²) in [5.41, 5.74) is 8.38. The molecule has 0 aliphatic heterocycles. The molecule has 0 spiro atoms. The van der Waals surface area contributed by atoms with Crippen LogP contribution < -0.4 is 10.6 Å². The van der Waals surface area contributed by atoms with Crippen molar-refractivity contribution in [2.24, 2.45) is 0 Å². The van der Waals surface area contributed by atoms with Crippen molar-refractivity contribution in [2.45, 2.75) is 12.8 Å². The fourth-order valence-corrected chi connectivity index (χ4v) is 3.08. The molecule has 1 amide bonds. The van der Waals surface area contributed by atoms with Gasteiger partial charge in [-0.3, -0.25) is 4.79 Å². The van der Waals surface area contributed by atoms with Crippen molar-refractivity contribution in [1.29, 1.82) is 0 Å². The average molecular weight is 419 g/mol. The van der Waals surface area contributed by atoms with Crippen molar-refractivity contribution >= 4 is 28.4 Å². The Hall–Kier alpha value is -3.70. The molecular formula is C23H26N6O2. The topological polar surface area (TPSA) is 108 Å². The van der Waals surface area contributed by atoms with Gasteiger partial charge in [-0.15, -0.1) is 0 Å². The number of benzene rings is 1. The van der Waals surface area contributed by atoms with E-state index in [1.54, 1.807) is 13.2 Å². The molecule has 8 nitrogen and oxygen atoms in total. The third-order valence-electron chi connectivity index (χ3n) is 4.76. The fourth-order valence-electron chi connectivity index (χ4n) is 3.08. The number of pyridine rings is 1. The molecule has 0 aliphatic carbocycles. The highest BCUT2D eigenvalue weighted by Crippen LogP contribution is 2.28. The lowest BCUT2D eigenvalue weighted by atomic mass is 10.1. The summed E-state index contributed by atoms with van der Waals surface area (Å²) in [6.07, 6.45) is 3.04. The summed E-state index contributed by atoms with van der Waals surface area (Å²) in [4.78, 5) is 28.3. The van der Waals surface area contributed by atoms with Crippen LogP contribution in [-0.2, 0) is 4.79 Å². The minimum atomic E-state index is -0.469. The zero-order valence-electron chi connectivity index (χ0n) is 18.0. The molecule has 0 bridgehead atoms. The number of carbonyl (C=O) groups is 1. The zero-order chi connectivity index (χ0) is 22.4. The molecule has 2 heterocycles. The SMILES string of the molecule is CN(CCCC#Cc1cccc(-c2nc(N(C)C)c3ccnc(N)c3n2)c1)C(=O)CO. The Labute approximate surface area is 181 Å². The molecule has 8 heteroatoms. The number of nitrogens with two attached hydrogens (primary N) is 1. The maximum atomic E-state index is 11.4. The predicted molar refractivity (Wildman–Crippen MR) is 122 cm³/mol. The zero-order valence-corrected chi connectivity index (χ0v) is 18.0. The molecular weight excluding hydrogens is 392 g/mol. The van der Waals surface area contributed by atoms with Crippen molar-refractivity contribution in [1.82, 2.24) is 19.9 Å². The van der Waals surface area contributed by atoms with Gasteiger partial charge in [-0.1, -0.05) is 24.0 Å². The van der Waals surface area contributed by atoms with Gasteiger partial charge in [0.15, 0.2) is 5.82 Å². The Morgan fingerprint density at radius 1 is 1.19 bits per heavy atom. The summed E-state index contributed by atoms with van der Waals surface area (Å²) in [6.45, 7) is 0.0882. The van der Waals surface area contributed by atoms with Crippen molar-refractivity contribution in [3.05, 3.63) is 42.1 Å². The van der Waals surface area contributed by atoms with Crippen LogP contribution in [0.25, 0.3) is 22.3 Å². The van der Waals surface area contributed by atoms with E-state index in [-0.39, 0.29) is 5.91 Å². The first-order valence-electron chi connectivity index (χ1n) is 9.94. The number of hydrogen-bond acceptors (Lipinski definition) is 7. The van der Waals surface area contributed by atoms with Gasteiger partial charge < -0.3 is 20.6 Å². The predicted octanol–water partition coefficient (Wildman–Crippen LogP) is 1.92. The minimum absolute atomic E-state index is 0.288. The molecule has 2 aromatic heterocycles. The second-order valence-electron chi connectivity index (χ2n) is 7.32. The first-order valence-corrected chi connectivity index (χ1v) is 9.94. The largest absolute Gasteiger partial charge is 0.387 e. The van der Waals surface area contributed by atoms with Crippen molar-refractivity contribution < 1.29 is 9.90 Å². The van der Waals surface area contributed by atoms with Crippen LogP contribution in [0.15, 0.2) is 36.5 Å². The number of aromatic nitrogens is 3. The molecule has 0 saturated heterocycles. The van der Waals surface area contributed by atoms with E-state index >= 15 is 0 Å². The van der Waals surface area contributed by atoms with Crippen molar-refractivity contribution in [3.8, 4) is 23.2 Å². The molecule has 160 valence electrons. The number of carbonyl (C=O) groups excluding carboxylic acids is 1. The van der Waals surface area contributed by atoms with Crippen molar-refractivity contribution in [2.75, 3.05) is 44.9 Å². The monoisotopic (exact) mass is 418 g/mol. The van der Waals surface area contributed by atoms with E-state index in [0.717, 1.165) is 28.8 Å². The van der Waals surface area contributed by atoms with Crippen molar-refractivity contribution in [3.63, 3.8) is 0 Å². The van der Waals surface area contributed by atoms with Crippen LogP contribution in [0, 0.1) is 11.8 Å². The quantitative estimate of drug-likeness (QED) is 0.465. The van der Waals surface area contributed by atoms with Gasteiger partial charge in [0.2, 0.25) is 5.91 Å².